The molecule has 0 unspecified atom stereocenters. The Morgan fingerprint density at radius 1 is 1.04 bits per heavy atom. The van der Waals surface area contributed by atoms with E-state index in [2.05, 4.69) is 4.98 Å². The highest BCUT2D eigenvalue weighted by Crippen LogP contribution is 2.38. The summed E-state index contributed by atoms with van der Waals surface area (Å²) in [6, 6.07) is 10.6. The Balaban J connectivity index is 1.99. The summed E-state index contributed by atoms with van der Waals surface area (Å²) in [4.78, 5) is 31.6. The van der Waals surface area contributed by atoms with Crippen LogP contribution in [0.1, 0.15) is 25.0 Å². The summed E-state index contributed by atoms with van der Waals surface area (Å²) < 4.78 is 0. The van der Waals surface area contributed by atoms with Crippen LogP contribution in [0.2, 0.25) is 5.02 Å². The van der Waals surface area contributed by atoms with Gasteiger partial charge in [-0.25, -0.2) is 0 Å². The summed E-state index contributed by atoms with van der Waals surface area (Å²) in [5.74, 6) is -0.516. The number of halogens is 1. The number of imide groups is 1. The zero-order valence-electron chi connectivity index (χ0n) is 13.9. The van der Waals surface area contributed by atoms with Crippen molar-refractivity contribution in [2.75, 3.05) is 0 Å². The second kappa shape index (κ2) is 7.42. The Bertz CT molecular complexity index is 832. The molecule has 0 atom stereocenters. The van der Waals surface area contributed by atoms with Crippen molar-refractivity contribution in [3.63, 3.8) is 0 Å². The van der Waals surface area contributed by atoms with Crippen molar-refractivity contribution >= 4 is 40.8 Å². The number of rotatable bonds is 5. The van der Waals surface area contributed by atoms with E-state index >= 15 is 0 Å². The van der Waals surface area contributed by atoms with Crippen LogP contribution in [0.25, 0.3) is 5.57 Å². The van der Waals surface area contributed by atoms with Crippen molar-refractivity contribution in [3.05, 3.63) is 69.8 Å². The normalized spacial score (nSPS) is 14.8. The van der Waals surface area contributed by atoms with Crippen LogP contribution in [0.3, 0.4) is 0 Å². The predicted octanol–water partition coefficient (Wildman–Crippen LogP) is 4.16. The van der Waals surface area contributed by atoms with Crippen LogP contribution in [-0.4, -0.2) is 26.9 Å². The van der Waals surface area contributed by atoms with Crippen LogP contribution >= 0.6 is 23.4 Å². The van der Waals surface area contributed by atoms with Crippen molar-refractivity contribution in [2.24, 2.45) is 0 Å². The van der Waals surface area contributed by atoms with Crippen molar-refractivity contribution in [3.8, 4) is 0 Å². The van der Waals surface area contributed by atoms with Crippen molar-refractivity contribution in [1.82, 2.24) is 9.88 Å². The summed E-state index contributed by atoms with van der Waals surface area (Å²) in [5.41, 5.74) is 2.03. The Kier molecular flexibility index (Phi) is 5.25. The highest BCUT2D eigenvalue weighted by molar-refractivity contribution is 8.04. The van der Waals surface area contributed by atoms with E-state index in [1.54, 1.807) is 48.8 Å². The summed E-state index contributed by atoms with van der Waals surface area (Å²) >= 11 is 7.37. The first-order valence-corrected chi connectivity index (χ1v) is 9.15. The fraction of sp³-hybridized carbons (Fsp3) is 0.211. The Hall–Kier alpha value is -2.11. The van der Waals surface area contributed by atoms with Gasteiger partial charge in [-0.1, -0.05) is 37.6 Å². The molecule has 0 radical (unpaired) electrons. The first-order valence-electron chi connectivity index (χ1n) is 7.89. The van der Waals surface area contributed by atoms with E-state index in [9.17, 15) is 9.59 Å². The van der Waals surface area contributed by atoms with Gasteiger partial charge in [0.15, 0.2) is 0 Å². The van der Waals surface area contributed by atoms with Crippen LogP contribution in [0.4, 0.5) is 0 Å². The maximum absolute atomic E-state index is 13.0. The van der Waals surface area contributed by atoms with E-state index in [1.807, 2.05) is 13.8 Å². The monoisotopic (exact) mass is 372 g/mol. The number of benzene rings is 1. The van der Waals surface area contributed by atoms with E-state index in [0.717, 1.165) is 5.56 Å². The lowest BCUT2D eigenvalue weighted by atomic mass is 10.1. The number of hydrogen-bond donors (Lipinski definition) is 0. The highest BCUT2D eigenvalue weighted by Gasteiger charge is 2.39. The minimum Gasteiger partial charge on any atom is -0.269 e. The molecule has 0 bridgehead atoms. The minimum atomic E-state index is -0.271. The van der Waals surface area contributed by atoms with E-state index in [-0.39, 0.29) is 23.6 Å². The van der Waals surface area contributed by atoms with Gasteiger partial charge in [0.1, 0.15) is 0 Å². The SMILES string of the molecule is CC(C)SC1=C(c2ccc(Cl)cc2)C(=O)N(Cc2ccncc2)C1=O. The van der Waals surface area contributed by atoms with Crippen molar-refractivity contribution < 1.29 is 9.59 Å². The largest absolute Gasteiger partial charge is 0.269 e. The molecule has 1 aliphatic heterocycles. The lowest BCUT2D eigenvalue weighted by Crippen LogP contribution is -2.31. The Morgan fingerprint density at radius 2 is 1.68 bits per heavy atom. The van der Waals surface area contributed by atoms with Gasteiger partial charge < -0.3 is 0 Å². The quantitative estimate of drug-likeness (QED) is 0.739. The van der Waals surface area contributed by atoms with Crippen LogP contribution in [0.5, 0.6) is 0 Å². The van der Waals surface area contributed by atoms with Gasteiger partial charge in [0, 0.05) is 22.7 Å². The second-order valence-electron chi connectivity index (χ2n) is 5.93. The molecule has 6 heteroatoms. The Morgan fingerprint density at radius 3 is 2.28 bits per heavy atom. The van der Waals surface area contributed by atoms with E-state index in [1.165, 1.54) is 16.7 Å². The van der Waals surface area contributed by atoms with Gasteiger partial charge in [-0.15, -0.1) is 11.8 Å². The van der Waals surface area contributed by atoms with Gasteiger partial charge >= 0.3 is 0 Å². The van der Waals surface area contributed by atoms with Crippen molar-refractivity contribution in [1.29, 1.82) is 0 Å². The molecule has 1 aromatic heterocycles. The average Bonchev–Trinajstić information content (AvgIpc) is 2.81. The lowest BCUT2D eigenvalue weighted by Gasteiger charge is -2.15. The van der Waals surface area contributed by atoms with Crippen LogP contribution < -0.4 is 0 Å². The molecule has 0 saturated heterocycles. The fourth-order valence-corrected chi connectivity index (χ4v) is 3.72. The van der Waals surface area contributed by atoms with Crippen molar-refractivity contribution in [2.45, 2.75) is 25.6 Å². The summed E-state index contributed by atoms with van der Waals surface area (Å²) in [6.45, 7) is 4.24. The van der Waals surface area contributed by atoms with Gasteiger partial charge in [0.2, 0.25) is 0 Å². The molecule has 3 rings (SSSR count). The summed E-state index contributed by atoms with van der Waals surface area (Å²) in [7, 11) is 0. The molecule has 2 amide bonds. The smallest absolute Gasteiger partial charge is 0.268 e. The van der Waals surface area contributed by atoms with E-state index < -0.39 is 0 Å². The number of amides is 2. The first kappa shape index (κ1) is 17.7. The molecule has 0 saturated carbocycles. The van der Waals surface area contributed by atoms with E-state index in [0.29, 0.717) is 21.1 Å². The number of pyridine rings is 1. The number of nitrogens with zero attached hydrogens (tertiary/aromatic N) is 2. The molecule has 0 spiro atoms. The van der Waals surface area contributed by atoms with Gasteiger partial charge in [-0.2, -0.15) is 0 Å². The third-order valence-electron chi connectivity index (χ3n) is 3.70. The molecule has 0 fully saturated rings. The highest BCUT2D eigenvalue weighted by atomic mass is 35.5. The molecule has 2 heterocycles. The molecular weight excluding hydrogens is 356 g/mol. The van der Waals surface area contributed by atoms with Gasteiger partial charge in [0.25, 0.3) is 11.8 Å². The molecule has 2 aromatic rings. The van der Waals surface area contributed by atoms with Gasteiger partial charge in [0.05, 0.1) is 17.0 Å². The van der Waals surface area contributed by atoms with Crippen LogP contribution in [-0.2, 0) is 16.1 Å². The predicted molar refractivity (Wildman–Crippen MR) is 101 cm³/mol. The Labute approximate surface area is 155 Å². The number of carbonyl (C=O) groups excluding carboxylic acids is 2. The maximum Gasteiger partial charge on any atom is 0.268 e. The molecule has 25 heavy (non-hydrogen) atoms. The zero-order chi connectivity index (χ0) is 18.0. The number of aromatic nitrogens is 1. The topological polar surface area (TPSA) is 50.3 Å². The van der Waals surface area contributed by atoms with Gasteiger partial charge in [-0.3, -0.25) is 19.5 Å². The van der Waals surface area contributed by atoms with Gasteiger partial charge in [-0.05, 0) is 35.4 Å². The molecule has 0 N–H and O–H groups in total. The lowest BCUT2D eigenvalue weighted by molar-refractivity contribution is -0.137. The molecule has 4 nitrogen and oxygen atoms in total. The molecule has 1 aliphatic rings. The zero-order valence-corrected chi connectivity index (χ0v) is 15.5. The van der Waals surface area contributed by atoms with E-state index in [4.69, 9.17) is 11.6 Å². The molecule has 1 aromatic carbocycles. The number of thioether (sulfide) groups is 1. The number of carbonyl (C=O) groups is 2. The molecular formula is C19H17ClN2O2S. The van der Waals surface area contributed by atoms with Crippen LogP contribution in [0.15, 0.2) is 53.7 Å². The summed E-state index contributed by atoms with van der Waals surface area (Å²) in [6.07, 6.45) is 3.30. The van der Waals surface area contributed by atoms with Crippen LogP contribution in [0, 0.1) is 0 Å². The standard InChI is InChI=1S/C19H17ClN2O2S/c1-12(2)25-17-16(14-3-5-15(20)6-4-14)18(23)22(19(17)24)11-13-7-9-21-10-8-13/h3-10,12H,11H2,1-2H3. The molecule has 128 valence electrons. The second-order valence-corrected chi connectivity index (χ2v) is 7.95. The molecule has 0 aliphatic carbocycles. The maximum atomic E-state index is 13.0. The fourth-order valence-electron chi connectivity index (χ4n) is 2.58. The third kappa shape index (κ3) is 3.78. The summed E-state index contributed by atoms with van der Waals surface area (Å²) in [5, 5.41) is 0.780. The average molecular weight is 373 g/mol. The number of hydrogen-bond acceptors (Lipinski definition) is 4. The first-order chi connectivity index (χ1) is 12.0. The third-order valence-corrected chi connectivity index (χ3v) is 5.04. The minimum absolute atomic E-state index is 0.190.